The summed E-state index contributed by atoms with van der Waals surface area (Å²) in [5, 5.41) is 3.69. The average molecular weight is 239 g/mol. The molecule has 2 rings (SSSR count). The second-order valence-corrected chi connectivity index (χ2v) is 4.38. The molecule has 0 atom stereocenters. The van der Waals surface area contributed by atoms with Gasteiger partial charge < -0.3 is 19.9 Å². The standard InChI is InChI=1S/C11H17N3O3/c1-14-5-3-7(4-6-14)8-9(11(15)16-2)13-17-10(8)12/h7H,3-6,12H2,1-2H3. The first-order valence-corrected chi connectivity index (χ1v) is 5.65. The molecule has 94 valence electrons. The smallest absolute Gasteiger partial charge is 0.360 e. The third kappa shape index (κ3) is 2.26. The quantitative estimate of drug-likeness (QED) is 0.770. The van der Waals surface area contributed by atoms with E-state index < -0.39 is 5.97 Å². The predicted octanol–water partition coefficient (Wildman–Crippen LogP) is 0.853. The molecule has 0 bridgehead atoms. The Morgan fingerprint density at radius 3 is 2.76 bits per heavy atom. The number of methoxy groups -OCH3 is 1. The Bertz CT molecular complexity index is 408. The molecule has 1 saturated heterocycles. The first-order chi connectivity index (χ1) is 8.13. The molecule has 0 unspecified atom stereocenters. The lowest BCUT2D eigenvalue weighted by molar-refractivity contribution is 0.0587. The van der Waals surface area contributed by atoms with Gasteiger partial charge in [-0.1, -0.05) is 5.16 Å². The van der Waals surface area contributed by atoms with E-state index in [4.69, 9.17) is 10.3 Å². The van der Waals surface area contributed by atoms with Crippen LogP contribution in [0.25, 0.3) is 0 Å². The van der Waals surface area contributed by atoms with Crippen LogP contribution in [0.3, 0.4) is 0 Å². The summed E-state index contributed by atoms with van der Waals surface area (Å²) in [5.74, 6) is -0.0223. The Morgan fingerprint density at radius 2 is 2.18 bits per heavy atom. The summed E-state index contributed by atoms with van der Waals surface area (Å²) in [4.78, 5) is 13.8. The van der Waals surface area contributed by atoms with Crippen molar-refractivity contribution in [2.45, 2.75) is 18.8 Å². The van der Waals surface area contributed by atoms with Gasteiger partial charge in [-0.15, -0.1) is 0 Å². The lowest BCUT2D eigenvalue weighted by Crippen LogP contribution is -2.30. The molecule has 2 heterocycles. The highest BCUT2D eigenvalue weighted by Gasteiger charge is 2.29. The highest BCUT2D eigenvalue weighted by Crippen LogP contribution is 2.34. The van der Waals surface area contributed by atoms with E-state index >= 15 is 0 Å². The summed E-state index contributed by atoms with van der Waals surface area (Å²) in [6.07, 6.45) is 1.90. The zero-order chi connectivity index (χ0) is 12.4. The van der Waals surface area contributed by atoms with Gasteiger partial charge in [0.05, 0.1) is 12.7 Å². The number of rotatable bonds is 2. The first kappa shape index (κ1) is 11.9. The lowest BCUT2D eigenvalue weighted by Gasteiger charge is -2.28. The van der Waals surface area contributed by atoms with Crippen molar-refractivity contribution >= 4 is 11.9 Å². The van der Waals surface area contributed by atoms with Crippen LogP contribution in [0.4, 0.5) is 5.88 Å². The van der Waals surface area contributed by atoms with Crippen molar-refractivity contribution in [3.63, 3.8) is 0 Å². The molecule has 2 N–H and O–H groups in total. The van der Waals surface area contributed by atoms with Crippen molar-refractivity contribution in [3.8, 4) is 0 Å². The van der Waals surface area contributed by atoms with Crippen LogP contribution in [-0.2, 0) is 4.74 Å². The maximum atomic E-state index is 11.5. The Balaban J connectivity index is 2.25. The Hall–Kier alpha value is -1.56. The molecule has 0 amide bonds. The van der Waals surface area contributed by atoms with E-state index in [-0.39, 0.29) is 17.5 Å². The van der Waals surface area contributed by atoms with Crippen LogP contribution in [0, 0.1) is 0 Å². The minimum absolute atomic E-state index is 0.222. The molecule has 1 aliphatic heterocycles. The normalized spacial score (nSPS) is 18.2. The van der Waals surface area contributed by atoms with Gasteiger partial charge in [0.1, 0.15) is 0 Å². The second-order valence-electron chi connectivity index (χ2n) is 4.38. The molecule has 6 nitrogen and oxygen atoms in total. The number of carbonyl (C=O) groups excluding carboxylic acids is 1. The number of hydrogen-bond acceptors (Lipinski definition) is 6. The topological polar surface area (TPSA) is 81.6 Å². The van der Waals surface area contributed by atoms with Crippen LogP contribution in [0.5, 0.6) is 0 Å². The fourth-order valence-electron chi connectivity index (χ4n) is 2.25. The van der Waals surface area contributed by atoms with Crippen LogP contribution < -0.4 is 5.73 Å². The van der Waals surface area contributed by atoms with Gasteiger partial charge in [0.2, 0.25) is 5.88 Å². The minimum Gasteiger partial charge on any atom is -0.464 e. The molecule has 1 fully saturated rings. The van der Waals surface area contributed by atoms with Gasteiger partial charge >= 0.3 is 5.97 Å². The maximum Gasteiger partial charge on any atom is 0.360 e. The third-order valence-electron chi connectivity index (χ3n) is 3.26. The van der Waals surface area contributed by atoms with Gasteiger partial charge in [0, 0.05) is 0 Å². The second kappa shape index (κ2) is 4.75. The molecular formula is C11H17N3O3. The Labute approximate surface area is 99.7 Å². The molecular weight excluding hydrogens is 222 g/mol. The largest absolute Gasteiger partial charge is 0.464 e. The fraction of sp³-hybridized carbons (Fsp3) is 0.636. The van der Waals surface area contributed by atoms with Gasteiger partial charge in [0.15, 0.2) is 5.69 Å². The van der Waals surface area contributed by atoms with Crippen molar-refractivity contribution in [1.82, 2.24) is 10.1 Å². The van der Waals surface area contributed by atoms with Crippen molar-refractivity contribution in [1.29, 1.82) is 0 Å². The molecule has 0 aliphatic carbocycles. The van der Waals surface area contributed by atoms with Gasteiger partial charge in [0.25, 0.3) is 0 Å². The molecule has 1 aromatic rings. The summed E-state index contributed by atoms with van der Waals surface area (Å²) < 4.78 is 9.59. The van der Waals surface area contributed by atoms with Gasteiger partial charge in [-0.2, -0.15) is 0 Å². The van der Waals surface area contributed by atoms with E-state index in [1.54, 1.807) is 0 Å². The van der Waals surface area contributed by atoms with Gasteiger partial charge in [-0.05, 0) is 38.9 Å². The molecule has 6 heteroatoms. The third-order valence-corrected chi connectivity index (χ3v) is 3.26. The van der Waals surface area contributed by atoms with Crippen LogP contribution in [0.15, 0.2) is 4.52 Å². The summed E-state index contributed by atoms with van der Waals surface area (Å²) in [6, 6.07) is 0. The maximum absolute atomic E-state index is 11.5. The highest BCUT2D eigenvalue weighted by molar-refractivity contribution is 5.90. The minimum atomic E-state index is -0.487. The summed E-state index contributed by atoms with van der Waals surface area (Å²) in [5.41, 5.74) is 6.68. The lowest BCUT2D eigenvalue weighted by atomic mass is 9.89. The van der Waals surface area contributed by atoms with Crippen LogP contribution >= 0.6 is 0 Å². The number of anilines is 1. The first-order valence-electron chi connectivity index (χ1n) is 5.65. The zero-order valence-electron chi connectivity index (χ0n) is 10.1. The Morgan fingerprint density at radius 1 is 1.53 bits per heavy atom. The monoisotopic (exact) mass is 239 g/mol. The van der Waals surface area contributed by atoms with E-state index in [9.17, 15) is 4.79 Å². The number of nitrogens with two attached hydrogens (primary N) is 1. The number of nitrogens with zero attached hydrogens (tertiary/aromatic N) is 2. The van der Waals surface area contributed by atoms with Crippen molar-refractivity contribution in [2.75, 3.05) is 33.0 Å². The SMILES string of the molecule is COC(=O)c1noc(N)c1C1CCN(C)CC1. The van der Waals surface area contributed by atoms with Crippen molar-refractivity contribution < 1.29 is 14.1 Å². The van der Waals surface area contributed by atoms with E-state index in [0.717, 1.165) is 25.9 Å². The van der Waals surface area contributed by atoms with E-state index in [1.807, 2.05) is 0 Å². The summed E-state index contributed by atoms with van der Waals surface area (Å²) >= 11 is 0. The molecule has 17 heavy (non-hydrogen) atoms. The Kier molecular flexibility index (Phi) is 3.33. The molecule has 0 radical (unpaired) electrons. The molecule has 0 saturated carbocycles. The number of ether oxygens (including phenoxy) is 1. The van der Waals surface area contributed by atoms with Crippen LogP contribution in [0.2, 0.25) is 0 Å². The number of aromatic nitrogens is 1. The zero-order valence-corrected chi connectivity index (χ0v) is 10.1. The summed E-state index contributed by atoms with van der Waals surface area (Å²) in [6.45, 7) is 1.96. The summed E-state index contributed by atoms with van der Waals surface area (Å²) in [7, 11) is 3.40. The number of nitrogen functional groups attached to an aromatic ring is 1. The van der Waals surface area contributed by atoms with Crippen LogP contribution in [0.1, 0.15) is 34.8 Å². The number of piperidine rings is 1. The van der Waals surface area contributed by atoms with Crippen LogP contribution in [-0.4, -0.2) is 43.3 Å². The number of likely N-dealkylation sites (tertiary alicyclic amines) is 1. The van der Waals surface area contributed by atoms with E-state index in [1.165, 1.54) is 7.11 Å². The van der Waals surface area contributed by atoms with Crippen molar-refractivity contribution in [2.24, 2.45) is 0 Å². The predicted molar refractivity (Wildman–Crippen MR) is 61.7 cm³/mol. The van der Waals surface area contributed by atoms with E-state index in [2.05, 4.69) is 21.8 Å². The van der Waals surface area contributed by atoms with Gasteiger partial charge in [-0.3, -0.25) is 0 Å². The van der Waals surface area contributed by atoms with Crippen molar-refractivity contribution in [3.05, 3.63) is 11.3 Å². The fourth-order valence-corrected chi connectivity index (χ4v) is 2.25. The average Bonchev–Trinajstić information content (AvgIpc) is 2.71. The van der Waals surface area contributed by atoms with Gasteiger partial charge in [-0.25, -0.2) is 4.79 Å². The molecule has 1 aromatic heterocycles. The number of esters is 1. The number of carbonyl (C=O) groups is 1. The molecule has 0 spiro atoms. The molecule has 0 aromatic carbocycles. The highest BCUT2D eigenvalue weighted by atomic mass is 16.5. The molecule has 1 aliphatic rings. The number of hydrogen-bond donors (Lipinski definition) is 1. The van der Waals surface area contributed by atoms with E-state index in [0.29, 0.717) is 5.56 Å².